The highest BCUT2D eigenvalue weighted by Gasteiger charge is 2.19. The number of rotatable bonds is 45. The summed E-state index contributed by atoms with van der Waals surface area (Å²) in [6.45, 7) is 6.27. The minimum Gasteiger partial charge on any atom is -0.462 e. The summed E-state index contributed by atoms with van der Waals surface area (Å²) in [6, 6.07) is 0. The second-order valence-corrected chi connectivity index (χ2v) is 16.8. The molecule has 0 amide bonds. The van der Waals surface area contributed by atoms with Gasteiger partial charge in [-0.05, 0) is 96.3 Å². The molecule has 0 saturated heterocycles. The van der Waals surface area contributed by atoms with E-state index in [4.69, 9.17) is 14.2 Å². The third-order valence-electron chi connectivity index (χ3n) is 10.5. The largest absolute Gasteiger partial charge is 0.462 e. The number of esters is 3. The molecule has 0 aliphatic rings. The molecule has 366 valence electrons. The van der Waals surface area contributed by atoms with Gasteiger partial charge in [0.1, 0.15) is 13.2 Å². The van der Waals surface area contributed by atoms with Crippen molar-refractivity contribution in [3.8, 4) is 0 Å². The number of unbranched alkanes of at least 4 members (excludes halogenated alkanes) is 17. The monoisotopic (exact) mass is 899 g/mol. The van der Waals surface area contributed by atoms with E-state index in [2.05, 4.69) is 124 Å². The molecular formula is C59H94O6. The van der Waals surface area contributed by atoms with Gasteiger partial charge in [0.25, 0.3) is 0 Å². The highest BCUT2D eigenvalue weighted by atomic mass is 16.6. The lowest BCUT2D eigenvalue weighted by atomic mass is 10.1. The molecule has 0 fully saturated rings. The van der Waals surface area contributed by atoms with Crippen LogP contribution in [0.5, 0.6) is 0 Å². The summed E-state index contributed by atoms with van der Waals surface area (Å²) >= 11 is 0. The van der Waals surface area contributed by atoms with Crippen molar-refractivity contribution in [3.05, 3.63) is 122 Å². The number of hydrogen-bond acceptors (Lipinski definition) is 6. The average Bonchev–Trinajstić information content (AvgIpc) is 3.30. The van der Waals surface area contributed by atoms with Gasteiger partial charge in [0.15, 0.2) is 6.10 Å². The number of hydrogen-bond donors (Lipinski definition) is 0. The summed E-state index contributed by atoms with van der Waals surface area (Å²) in [7, 11) is 0. The molecule has 0 aliphatic heterocycles. The first kappa shape index (κ1) is 60.8. The SMILES string of the molecule is CC/C=C/C=C/C=C/CCCCCCCC(=O)OCC(COC(=O)CCCCCCC/C=C/C=C/CCCCCCCCC)OC(=O)CC/C=C/C/C=C/C/C=C/C/C=C/C/C=C/CC. The molecule has 0 spiro atoms. The third kappa shape index (κ3) is 50.7. The molecule has 0 N–H and O–H groups in total. The summed E-state index contributed by atoms with van der Waals surface area (Å²) in [6.07, 6.45) is 72.0. The van der Waals surface area contributed by atoms with Crippen LogP contribution in [0.4, 0.5) is 0 Å². The quantitative estimate of drug-likeness (QED) is 0.0199. The lowest BCUT2D eigenvalue weighted by molar-refractivity contribution is -0.166. The van der Waals surface area contributed by atoms with Crippen molar-refractivity contribution in [2.45, 2.75) is 219 Å². The standard InChI is InChI=1S/C59H94O6/c1-4-7-10-13-16-19-22-25-27-29-30-32-34-37-40-43-46-49-52-58(61)64-55-56(54-63-57(60)51-48-45-42-39-36-33-24-21-18-15-12-9-6-3)65-59(62)53-50-47-44-41-38-35-31-28-26-23-20-17-14-11-8-5-2/h8-9,11-12,15,17-18,20-21,24,26-30,32,35,38,44,47,56H,4-7,10,13-14,16,19,22-23,25,31,33-34,36-37,39-43,45-46,48-55H2,1-3H3/b11-8+,12-9+,18-15+,20-17+,24-21+,28-26+,29-27+,32-30+,38-35+,47-44+. The van der Waals surface area contributed by atoms with E-state index in [0.29, 0.717) is 19.3 Å². The van der Waals surface area contributed by atoms with E-state index in [0.717, 1.165) is 116 Å². The highest BCUT2D eigenvalue weighted by Crippen LogP contribution is 2.12. The second-order valence-electron chi connectivity index (χ2n) is 16.8. The van der Waals surface area contributed by atoms with Gasteiger partial charge in [0, 0.05) is 19.3 Å². The van der Waals surface area contributed by atoms with Gasteiger partial charge in [-0.1, -0.05) is 219 Å². The smallest absolute Gasteiger partial charge is 0.306 e. The van der Waals surface area contributed by atoms with Gasteiger partial charge >= 0.3 is 17.9 Å². The van der Waals surface area contributed by atoms with E-state index in [1.54, 1.807) is 0 Å². The van der Waals surface area contributed by atoms with Crippen molar-refractivity contribution < 1.29 is 28.6 Å². The molecular weight excluding hydrogens is 805 g/mol. The lowest BCUT2D eigenvalue weighted by Gasteiger charge is -2.18. The van der Waals surface area contributed by atoms with Crippen molar-refractivity contribution in [2.75, 3.05) is 13.2 Å². The molecule has 6 heteroatoms. The third-order valence-corrected chi connectivity index (χ3v) is 10.5. The van der Waals surface area contributed by atoms with Crippen molar-refractivity contribution in [2.24, 2.45) is 0 Å². The van der Waals surface area contributed by atoms with Crippen LogP contribution >= 0.6 is 0 Å². The van der Waals surface area contributed by atoms with Gasteiger partial charge in [0.2, 0.25) is 0 Å². The molecule has 6 nitrogen and oxygen atoms in total. The Labute approximate surface area is 399 Å². The van der Waals surface area contributed by atoms with Gasteiger partial charge < -0.3 is 14.2 Å². The van der Waals surface area contributed by atoms with Gasteiger partial charge in [-0.3, -0.25) is 14.4 Å². The summed E-state index contributed by atoms with van der Waals surface area (Å²) in [4.78, 5) is 38.0. The molecule has 1 atom stereocenters. The maximum atomic E-state index is 12.8. The van der Waals surface area contributed by atoms with Gasteiger partial charge in [-0.15, -0.1) is 0 Å². The molecule has 0 saturated carbocycles. The van der Waals surface area contributed by atoms with Crippen LogP contribution in [-0.4, -0.2) is 37.2 Å². The molecule has 0 radical (unpaired) electrons. The van der Waals surface area contributed by atoms with Crippen molar-refractivity contribution >= 4 is 17.9 Å². The van der Waals surface area contributed by atoms with Crippen molar-refractivity contribution in [1.82, 2.24) is 0 Å². The van der Waals surface area contributed by atoms with Crippen molar-refractivity contribution in [3.63, 3.8) is 0 Å². The predicted octanol–water partition coefficient (Wildman–Crippen LogP) is 17.3. The lowest BCUT2D eigenvalue weighted by Crippen LogP contribution is -2.30. The van der Waals surface area contributed by atoms with Crippen LogP contribution in [0.3, 0.4) is 0 Å². The van der Waals surface area contributed by atoms with E-state index >= 15 is 0 Å². The van der Waals surface area contributed by atoms with Crippen LogP contribution in [-0.2, 0) is 28.6 Å². The number of carbonyl (C=O) groups is 3. The molecule has 0 aliphatic carbocycles. The second kappa shape index (κ2) is 52.4. The Morgan fingerprint density at radius 3 is 1.15 bits per heavy atom. The van der Waals surface area contributed by atoms with Crippen LogP contribution in [0.1, 0.15) is 213 Å². The number of allylic oxidation sites excluding steroid dienone is 20. The maximum absolute atomic E-state index is 12.8. The van der Waals surface area contributed by atoms with Crippen LogP contribution in [0, 0.1) is 0 Å². The van der Waals surface area contributed by atoms with E-state index in [9.17, 15) is 14.4 Å². The summed E-state index contributed by atoms with van der Waals surface area (Å²) in [5.41, 5.74) is 0. The zero-order valence-electron chi connectivity index (χ0n) is 41.7. The first-order chi connectivity index (χ1) is 32.0. The normalized spacial score (nSPS) is 13.1. The minimum atomic E-state index is -0.836. The Bertz CT molecular complexity index is 1400. The zero-order valence-corrected chi connectivity index (χ0v) is 41.7. The Morgan fingerprint density at radius 2 is 0.708 bits per heavy atom. The van der Waals surface area contributed by atoms with Gasteiger partial charge in [-0.25, -0.2) is 0 Å². The topological polar surface area (TPSA) is 78.9 Å². The van der Waals surface area contributed by atoms with Crippen molar-refractivity contribution in [1.29, 1.82) is 0 Å². The molecule has 65 heavy (non-hydrogen) atoms. The Kier molecular flexibility index (Phi) is 49.1. The molecule has 0 heterocycles. The fraction of sp³-hybridized carbons (Fsp3) is 0.610. The summed E-state index contributed by atoms with van der Waals surface area (Å²) in [5, 5.41) is 0. The first-order valence-electron chi connectivity index (χ1n) is 26.1. The maximum Gasteiger partial charge on any atom is 0.306 e. The summed E-state index contributed by atoms with van der Waals surface area (Å²) in [5.74, 6) is -1.05. The molecule has 0 aromatic carbocycles. The molecule has 0 aromatic rings. The van der Waals surface area contributed by atoms with E-state index in [-0.39, 0.29) is 31.6 Å². The predicted molar refractivity (Wildman–Crippen MR) is 279 cm³/mol. The van der Waals surface area contributed by atoms with E-state index in [1.165, 1.54) is 51.4 Å². The Hall–Kier alpha value is -4.19. The van der Waals surface area contributed by atoms with Gasteiger partial charge in [-0.2, -0.15) is 0 Å². The van der Waals surface area contributed by atoms with E-state index < -0.39 is 12.1 Å². The summed E-state index contributed by atoms with van der Waals surface area (Å²) < 4.78 is 16.7. The fourth-order valence-corrected chi connectivity index (χ4v) is 6.66. The van der Waals surface area contributed by atoms with Crippen LogP contribution < -0.4 is 0 Å². The van der Waals surface area contributed by atoms with Gasteiger partial charge in [0.05, 0.1) is 0 Å². The Balaban J connectivity index is 4.55. The number of ether oxygens (including phenoxy) is 3. The van der Waals surface area contributed by atoms with Crippen LogP contribution in [0.15, 0.2) is 122 Å². The number of carbonyl (C=O) groups excluding carboxylic acids is 3. The highest BCUT2D eigenvalue weighted by molar-refractivity contribution is 5.71. The molecule has 1 unspecified atom stereocenters. The van der Waals surface area contributed by atoms with Crippen LogP contribution in [0.25, 0.3) is 0 Å². The minimum absolute atomic E-state index is 0.126. The Morgan fingerprint density at radius 1 is 0.338 bits per heavy atom. The van der Waals surface area contributed by atoms with Crippen LogP contribution in [0.2, 0.25) is 0 Å². The molecule has 0 bridgehead atoms. The molecule has 0 aromatic heterocycles. The molecule has 0 rings (SSSR count). The fourth-order valence-electron chi connectivity index (χ4n) is 6.66. The first-order valence-corrected chi connectivity index (χ1v) is 26.1. The van der Waals surface area contributed by atoms with E-state index in [1.807, 2.05) is 18.2 Å². The zero-order chi connectivity index (χ0) is 47.2. The average molecular weight is 899 g/mol.